The molecule has 0 unspecified atom stereocenters. The molecule has 0 fully saturated rings. The van der Waals surface area contributed by atoms with E-state index < -0.39 is 34.9 Å². The maximum Gasteiger partial charge on any atom is 0.338 e. The van der Waals surface area contributed by atoms with E-state index in [1.807, 2.05) is 0 Å². The lowest BCUT2D eigenvalue weighted by molar-refractivity contribution is -0.122. The largest absolute Gasteiger partial charge is 0.461 e. The van der Waals surface area contributed by atoms with Gasteiger partial charge in [0.1, 0.15) is 6.61 Å². The van der Waals surface area contributed by atoms with Crippen molar-refractivity contribution in [3.05, 3.63) is 108 Å². The predicted octanol–water partition coefficient (Wildman–Crippen LogP) is 4.26. The minimum absolute atomic E-state index is 0.226. The molecule has 174 valence electrons. The van der Waals surface area contributed by atoms with Gasteiger partial charge in [0.25, 0.3) is 0 Å². The molecule has 0 aromatic heterocycles. The smallest absolute Gasteiger partial charge is 0.338 e. The molecule has 0 bridgehead atoms. The van der Waals surface area contributed by atoms with Crippen LogP contribution in [0.1, 0.15) is 31.1 Å². The number of rotatable bonds is 10. The third-order valence-corrected chi connectivity index (χ3v) is 5.49. The van der Waals surface area contributed by atoms with E-state index in [0.717, 1.165) is 0 Å². The summed E-state index contributed by atoms with van der Waals surface area (Å²) < 4.78 is 16.2. The van der Waals surface area contributed by atoms with Crippen LogP contribution in [0, 0.1) is 0 Å². The van der Waals surface area contributed by atoms with Crippen molar-refractivity contribution in [1.82, 2.24) is 0 Å². The third-order valence-electron chi connectivity index (χ3n) is 4.70. The Morgan fingerprint density at radius 1 is 0.676 bits per heavy atom. The summed E-state index contributed by atoms with van der Waals surface area (Å²) in [7, 11) is 0. The third kappa shape index (κ3) is 6.86. The number of carbonyl (C=O) groups excluding carboxylic acids is 4. The van der Waals surface area contributed by atoms with Gasteiger partial charge in [0.05, 0.1) is 21.5 Å². The lowest BCUT2D eigenvalue weighted by Crippen LogP contribution is -2.44. The normalized spacial score (nSPS) is 13.1. The molecule has 0 saturated heterocycles. The molecule has 0 spiro atoms. The Kier molecular flexibility index (Phi) is 9.11. The highest BCUT2D eigenvalue weighted by Gasteiger charge is 2.36. The number of hydrogen-bond acceptors (Lipinski definition) is 7. The lowest BCUT2D eigenvalue weighted by atomic mass is 10.1. The van der Waals surface area contributed by atoms with Gasteiger partial charge in [-0.15, -0.1) is 0 Å². The van der Waals surface area contributed by atoms with E-state index >= 15 is 0 Å². The minimum Gasteiger partial charge on any atom is -0.461 e. The molecule has 8 heteroatoms. The monoisotopic (exact) mass is 524 g/mol. The van der Waals surface area contributed by atoms with Crippen LogP contribution in [0.5, 0.6) is 0 Å². The molecule has 0 aliphatic carbocycles. The fourth-order valence-electron chi connectivity index (χ4n) is 2.96. The molecule has 0 aliphatic rings. The number of esters is 3. The van der Waals surface area contributed by atoms with Crippen molar-refractivity contribution in [2.75, 3.05) is 6.61 Å². The van der Waals surface area contributed by atoms with Gasteiger partial charge in [-0.05, 0) is 36.4 Å². The molecular weight excluding hydrogens is 504 g/mol. The molecule has 0 saturated carbocycles. The highest BCUT2D eigenvalue weighted by molar-refractivity contribution is 9.09. The first-order valence-corrected chi connectivity index (χ1v) is 11.2. The van der Waals surface area contributed by atoms with Crippen molar-refractivity contribution in [2.45, 2.75) is 17.0 Å². The first-order chi connectivity index (χ1) is 16.5. The van der Waals surface area contributed by atoms with Crippen molar-refractivity contribution in [3.8, 4) is 0 Å². The quantitative estimate of drug-likeness (QED) is 0.169. The summed E-state index contributed by atoms with van der Waals surface area (Å²) in [6, 6.07) is 24.6. The van der Waals surface area contributed by atoms with E-state index in [1.54, 1.807) is 78.9 Å². The molecule has 0 amide bonds. The lowest BCUT2D eigenvalue weighted by Gasteiger charge is -2.27. The summed E-state index contributed by atoms with van der Waals surface area (Å²) >= 11 is 3.33. The van der Waals surface area contributed by atoms with Crippen LogP contribution in [-0.2, 0) is 19.0 Å². The van der Waals surface area contributed by atoms with E-state index in [4.69, 9.17) is 14.2 Å². The second kappa shape index (κ2) is 12.5. The van der Waals surface area contributed by atoms with Crippen LogP contribution in [0.4, 0.5) is 0 Å². The second-order valence-corrected chi connectivity index (χ2v) is 8.26. The SMILES string of the molecule is O=C[C@H](OC(=O)c1ccccc1)[C@H](OC(=O)c1ccccc1)[C@@H](Br)COC(=O)c1ccccc1. The molecule has 0 heterocycles. The highest BCUT2D eigenvalue weighted by Crippen LogP contribution is 2.20. The summed E-state index contributed by atoms with van der Waals surface area (Å²) in [6.07, 6.45) is -2.36. The molecule has 0 radical (unpaired) electrons. The van der Waals surface area contributed by atoms with E-state index in [0.29, 0.717) is 11.8 Å². The molecule has 34 heavy (non-hydrogen) atoms. The Bertz CT molecular complexity index is 1100. The fourth-order valence-corrected chi connectivity index (χ4v) is 3.50. The summed E-state index contributed by atoms with van der Waals surface area (Å²) in [5, 5.41) is 0. The Hall–Kier alpha value is -3.78. The molecule has 7 nitrogen and oxygen atoms in total. The maximum atomic E-state index is 12.7. The number of carbonyl (C=O) groups is 4. The van der Waals surface area contributed by atoms with Crippen molar-refractivity contribution in [2.24, 2.45) is 0 Å². The van der Waals surface area contributed by atoms with Gasteiger partial charge in [-0.3, -0.25) is 4.79 Å². The van der Waals surface area contributed by atoms with Crippen LogP contribution >= 0.6 is 15.9 Å². The average Bonchev–Trinajstić information content (AvgIpc) is 2.90. The van der Waals surface area contributed by atoms with Crippen molar-refractivity contribution >= 4 is 40.1 Å². The van der Waals surface area contributed by atoms with Crippen LogP contribution in [0.3, 0.4) is 0 Å². The predicted molar refractivity (Wildman–Crippen MR) is 127 cm³/mol. The molecule has 0 N–H and O–H groups in total. The van der Waals surface area contributed by atoms with Gasteiger partial charge in [-0.1, -0.05) is 70.5 Å². The van der Waals surface area contributed by atoms with Gasteiger partial charge in [-0.25, -0.2) is 14.4 Å². The fraction of sp³-hybridized carbons (Fsp3) is 0.154. The number of ether oxygens (including phenoxy) is 3. The topological polar surface area (TPSA) is 96.0 Å². The summed E-state index contributed by atoms with van der Waals surface area (Å²) in [4.78, 5) is 48.6. The van der Waals surface area contributed by atoms with Crippen LogP contribution in [0.2, 0.25) is 0 Å². The van der Waals surface area contributed by atoms with E-state index in [-0.39, 0.29) is 17.7 Å². The zero-order chi connectivity index (χ0) is 24.3. The zero-order valence-corrected chi connectivity index (χ0v) is 19.5. The van der Waals surface area contributed by atoms with Crippen LogP contribution in [0.25, 0.3) is 0 Å². The zero-order valence-electron chi connectivity index (χ0n) is 17.9. The molecule has 3 atom stereocenters. The number of benzene rings is 3. The number of alkyl halides is 1. The Morgan fingerprint density at radius 3 is 1.53 bits per heavy atom. The van der Waals surface area contributed by atoms with Gasteiger partial charge < -0.3 is 14.2 Å². The van der Waals surface area contributed by atoms with E-state index in [2.05, 4.69) is 15.9 Å². The van der Waals surface area contributed by atoms with Gasteiger partial charge >= 0.3 is 17.9 Å². The number of hydrogen-bond donors (Lipinski definition) is 0. The molecule has 3 aromatic carbocycles. The maximum absolute atomic E-state index is 12.7. The van der Waals surface area contributed by atoms with Gasteiger partial charge in [0.2, 0.25) is 0 Å². The molecule has 0 aliphatic heterocycles. The van der Waals surface area contributed by atoms with Crippen molar-refractivity contribution in [3.63, 3.8) is 0 Å². The summed E-state index contributed by atoms with van der Waals surface area (Å²) in [5.41, 5.74) is 0.805. The van der Waals surface area contributed by atoms with Gasteiger partial charge in [0.15, 0.2) is 18.5 Å². The highest BCUT2D eigenvalue weighted by atomic mass is 79.9. The van der Waals surface area contributed by atoms with Crippen LogP contribution in [0.15, 0.2) is 91.0 Å². The second-order valence-electron chi connectivity index (χ2n) is 7.09. The Balaban J connectivity index is 1.76. The minimum atomic E-state index is -1.46. The average molecular weight is 525 g/mol. The molecular formula is C26H21BrO7. The summed E-state index contributed by atoms with van der Waals surface area (Å²) in [6.45, 7) is -0.256. The molecule has 3 aromatic rings. The van der Waals surface area contributed by atoms with E-state index in [1.165, 1.54) is 12.1 Å². The van der Waals surface area contributed by atoms with Crippen molar-refractivity contribution in [1.29, 1.82) is 0 Å². The van der Waals surface area contributed by atoms with Gasteiger partial charge in [-0.2, -0.15) is 0 Å². The Morgan fingerprint density at radius 2 is 1.09 bits per heavy atom. The summed E-state index contributed by atoms with van der Waals surface area (Å²) in [5.74, 6) is -2.09. The first-order valence-electron chi connectivity index (χ1n) is 10.3. The van der Waals surface area contributed by atoms with Crippen LogP contribution < -0.4 is 0 Å². The van der Waals surface area contributed by atoms with Crippen molar-refractivity contribution < 1.29 is 33.4 Å². The van der Waals surface area contributed by atoms with Crippen LogP contribution in [-0.4, -0.2) is 47.8 Å². The Labute approximate surface area is 204 Å². The van der Waals surface area contributed by atoms with Gasteiger partial charge in [0, 0.05) is 0 Å². The number of halogens is 1. The van der Waals surface area contributed by atoms with E-state index in [9.17, 15) is 19.2 Å². The standard InChI is InChI=1S/C26H21BrO7/c27-21(17-32-24(29)18-10-4-1-5-11-18)23(34-26(31)20-14-8-3-9-15-20)22(16-28)33-25(30)19-12-6-2-7-13-19/h1-16,21-23H,17H2/t21-,22-,23+/m0/s1. The first kappa shape index (κ1) is 24.9. The number of aldehydes is 1. The molecule has 3 rings (SSSR count).